The van der Waals surface area contributed by atoms with Gasteiger partial charge >= 0.3 is 0 Å². The minimum absolute atomic E-state index is 0.159. The fourth-order valence-electron chi connectivity index (χ4n) is 2.85. The molecule has 0 aliphatic rings. The quantitative estimate of drug-likeness (QED) is 0.681. The highest BCUT2D eigenvalue weighted by molar-refractivity contribution is 7.80. The predicted octanol–water partition coefficient (Wildman–Crippen LogP) is 4.66. The summed E-state index contributed by atoms with van der Waals surface area (Å²) >= 11 is 4.35. The van der Waals surface area contributed by atoms with Crippen molar-refractivity contribution < 1.29 is 5.11 Å². The smallest absolute Gasteiger partial charge is 0.146 e. The van der Waals surface area contributed by atoms with E-state index in [1.807, 2.05) is 24.3 Å². The van der Waals surface area contributed by atoms with Crippen molar-refractivity contribution in [3.8, 4) is 11.4 Å². The van der Waals surface area contributed by atoms with Gasteiger partial charge in [0, 0.05) is 10.5 Å². The number of fused-ring (bicyclic) bond motifs is 1. The Morgan fingerprint density at radius 3 is 2.46 bits per heavy atom. The number of aryl methyl sites for hydroxylation is 1. The maximum atomic E-state index is 10.8. The van der Waals surface area contributed by atoms with Crippen LogP contribution < -0.4 is 0 Å². The number of benzene rings is 2. The molecule has 2 aromatic carbocycles. The van der Waals surface area contributed by atoms with E-state index in [1.54, 1.807) is 0 Å². The maximum absolute atomic E-state index is 10.8. The Balaban J connectivity index is 2.22. The van der Waals surface area contributed by atoms with Crippen molar-refractivity contribution in [2.45, 2.75) is 50.8 Å². The SMILES string of the molecule is CCCc1cc(-n2nc3ccc(S)cc3n2)c(O)c(C(C)(C)C)c1. The van der Waals surface area contributed by atoms with Gasteiger partial charge in [-0.3, -0.25) is 0 Å². The van der Waals surface area contributed by atoms with Crippen LogP contribution in [0.5, 0.6) is 5.75 Å². The normalized spacial score (nSPS) is 12.0. The minimum atomic E-state index is -0.159. The molecule has 3 aromatic rings. The molecule has 3 rings (SSSR count). The molecule has 0 spiro atoms. The third-order valence-electron chi connectivity index (χ3n) is 4.08. The van der Waals surface area contributed by atoms with Crippen LogP contribution in [-0.4, -0.2) is 20.1 Å². The highest BCUT2D eigenvalue weighted by Crippen LogP contribution is 2.36. The zero-order valence-corrected chi connectivity index (χ0v) is 15.4. The molecule has 4 nitrogen and oxygen atoms in total. The average molecular weight is 341 g/mol. The van der Waals surface area contributed by atoms with Crippen LogP contribution in [0.15, 0.2) is 35.2 Å². The first-order valence-electron chi connectivity index (χ1n) is 8.22. The zero-order valence-electron chi connectivity index (χ0n) is 14.5. The van der Waals surface area contributed by atoms with Gasteiger partial charge in [0.25, 0.3) is 0 Å². The molecule has 0 fully saturated rings. The van der Waals surface area contributed by atoms with E-state index in [0.29, 0.717) is 5.69 Å². The standard InChI is InChI=1S/C19H23N3OS/c1-5-6-12-9-14(19(2,3)4)18(23)17(10-12)22-20-15-8-7-13(24)11-16(15)21-22/h7-11,23-24H,5-6H2,1-4H3. The number of hydrogen-bond acceptors (Lipinski definition) is 4. The second-order valence-electron chi connectivity index (χ2n) is 7.17. The number of aromatic nitrogens is 3. The van der Waals surface area contributed by atoms with E-state index in [-0.39, 0.29) is 11.2 Å². The van der Waals surface area contributed by atoms with E-state index in [9.17, 15) is 5.11 Å². The van der Waals surface area contributed by atoms with Crippen LogP contribution in [0.2, 0.25) is 0 Å². The molecule has 0 saturated heterocycles. The molecule has 126 valence electrons. The Labute approximate surface area is 147 Å². The zero-order chi connectivity index (χ0) is 17.5. The molecule has 1 N–H and O–H groups in total. The third-order valence-corrected chi connectivity index (χ3v) is 4.35. The van der Waals surface area contributed by atoms with Crippen LogP contribution in [0, 0.1) is 0 Å². The van der Waals surface area contributed by atoms with Crippen LogP contribution >= 0.6 is 12.6 Å². The van der Waals surface area contributed by atoms with E-state index in [2.05, 4.69) is 56.6 Å². The minimum Gasteiger partial charge on any atom is -0.505 e. The van der Waals surface area contributed by atoms with Gasteiger partial charge in [-0.1, -0.05) is 40.2 Å². The number of aromatic hydroxyl groups is 1. The molecule has 24 heavy (non-hydrogen) atoms. The first kappa shape index (κ1) is 16.8. The lowest BCUT2D eigenvalue weighted by Gasteiger charge is -2.23. The van der Waals surface area contributed by atoms with Crippen LogP contribution in [0.25, 0.3) is 16.7 Å². The highest BCUT2D eigenvalue weighted by Gasteiger charge is 2.23. The lowest BCUT2D eigenvalue weighted by molar-refractivity contribution is 0.440. The maximum Gasteiger partial charge on any atom is 0.146 e. The lowest BCUT2D eigenvalue weighted by atomic mass is 9.84. The fraction of sp³-hybridized carbons (Fsp3) is 0.368. The highest BCUT2D eigenvalue weighted by atomic mass is 32.1. The van der Waals surface area contributed by atoms with Gasteiger partial charge in [0.2, 0.25) is 0 Å². The van der Waals surface area contributed by atoms with Crippen molar-refractivity contribution in [2.75, 3.05) is 0 Å². The lowest BCUT2D eigenvalue weighted by Crippen LogP contribution is -2.14. The summed E-state index contributed by atoms with van der Waals surface area (Å²) in [4.78, 5) is 2.37. The molecule has 0 radical (unpaired) electrons. The Morgan fingerprint density at radius 2 is 1.79 bits per heavy atom. The first-order chi connectivity index (χ1) is 11.3. The number of thiol groups is 1. The van der Waals surface area contributed by atoms with Gasteiger partial charge in [0.1, 0.15) is 22.5 Å². The van der Waals surface area contributed by atoms with Crippen LogP contribution in [0.4, 0.5) is 0 Å². The Bertz CT molecular complexity index is 893. The summed E-state index contributed by atoms with van der Waals surface area (Å²) in [6.07, 6.45) is 2.00. The summed E-state index contributed by atoms with van der Waals surface area (Å²) in [6.45, 7) is 8.45. The van der Waals surface area contributed by atoms with Gasteiger partial charge in [-0.05, 0) is 41.7 Å². The average Bonchev–Trinajstić information content (AvgIpc) is 2.90. The summed E-state index contributed by atoms with van der Waals surface area (Å²) in [5, 5.41) is 19.9. The van der Waals surface area contributed by atoms with Crippen molar-refractivity contribution in [1.29, 1.82) is 0 Å². The number of nitrogens with zero attached hydrogens (tertiary/aromatic N) is 3. The van der Waals surface area contributed by atoms with Crippen LogP contribution in [-0.2, 0) is 11.8 Å². The molecule has 0 unspecified atom stereocenters. The predicted molar refractivity (Wildman–Crippen MR) is 100 cm³/mol. The molecule has 1 aromatic heterocycles. The van der Waals surface area contributed by atoms with E-state index in [4.69, 9.17) is 0 Å². The van der Waals surface area contributed by atoms with Gasteiger partial charge < -0.3 is 5.11 Å². The van der Waals surface area contributed by atoms with E-state index >= 15 is 0 Å². The topological polar surface area (TPSA) is 50.9 Å². The summed E-state index contributed by atoms with van der Waals surface area (Å²) in [5.74, 6) is 0.244. The number of hydrogen-bond donors (Lipinski definition) is 2. The molecule has 1 heterocycles. The van der Waals surface area contributed by atoms with Gasteiger partial charge in [0.05, 0.1) is 0 Å². The second kappa shape index (κ2) is 6.13. The molecule has 5 heteroatoms. The molecule has 0 atom stereocenters. The number of rotatable bonds is 3. The summed E-state index contributed by atoms with van der Waals surface area (Å²) in [5.41, 5.74) is 4.12. The van der Waals surface area contributed by atoms with E-state index in [0.717, 1.165) is 34.3 Å². The second-order valence-corrected chi connectivity index (χ2v) is 7.69. The van der Waals surface area contributed by atoms with Crippen LogP contribution in [0.3, 0.4) is 0 Å². The largest absolute Gasteiger partial charge is 0.505 e. The Kier molecular flexibility index (Phi) is 4.30. The summed E-state index contributed by atoms with van der Waals surface area (Å²) in [7, 11) is 0. The monoisotopic (exact) mass is 341 g/mol. The van der Waals surface area contributed by atoms with Gasteiger partial charge in [0.15, 0.2) is 0 Å². The first-order valence-corrected chi connectivity index (χ1v) is 8.67. The molecule has 0 aliphatic heterocycles. The molecule has 0 bridgehead atoms. The molecule has 0 amide bonds. The molecular formula is C19H23N3OS. The summed E-state index contributed by atoms with van der Waals surface area (Å²) < 4.78 is 0. The van der Waals surface area contributed by atoms with Crippen molar-refractivity contribution in [3.63, 3.8) is 0 Å². The number of phenolic OH excluding ortho intramolecular Hbond substituents is 1. The van der Waals surface area contributed by atoms with E-state index in [1.165, 1.54) is 10.4 Å². The van der Waals surface area contributed by atoms with Crippen molar-refractivity contribution in [3.05, 3.63) is 41.5 Å². The third kappa shape index (κ3) is 3.13. The van der Waals surface area contributed by atoms with Gasteiger partial charge in [-0.2, -0.15) is 0 Å². The summed E-state index contributed by atoms with van der Waals surface area (Å²) in [6, 6.07) is 9.72. The van der Waals surface area contributed by atoms with Gasteiger partial charge in [-0.25, -0.2) is 0 Å². The van der Waals surface area contributed by atoms with E-state index < -0.39 is 0 Å². The van der Waals surface area contributed by atoms with Crippen molar-refractivity contribution in [1.82, 2.24) is 15.0 Å². The number of phenols is 1. The Hall–Kier alpha value is -2.01. The van der Waals surface area contributed by atoms with Crippen molar-refractivity contribution >= 4 is 23.7 Å². The van der Waals surface area contributed by atoms with Crippen LogP contribution in [0.1, 0.15) is 45.2 Å². The Morgan fingerprint density at radius 1 is 1.08 bits per heavy atom. The van der Waals surface area contributed by atoms with Gasteiger partial charge in [-0.15, -0.1) is 27.6 Å². The molecule has 0 aliphatic carbocycles. The molecular weight excluding hydrogens is 318 g/mol. The van der Waals surface area contributed by atoms with Crippen molar-refractivity contribution in [2.24, 2.45) is 0 Å². The molecule has 0 saturated carbocycles. The fourth-order valence-corrected chi connectivity index (χ4v) is 3.04.